The number of fused-ring (bicyclic) bond motifs is 1. The van der Waals surface area contributed by atoms with Gasteiger partial charge in [0.15, 0.2) is 0 Å². The van der Waals surface area contributed by atoms with Crippen molar-refractivity contribution in [2.24, 2.45) is 11.8 Å². The molecule has 1 aromatic heterocycles. The highest BCUT2D eigenvalue weighted by molar-refractivity contribution is 5.80. The minimum absolute atomic E-state index is 0.115. The van der Waals surface area contributed by atoms with Gasteiger partial charge in [-0.15, -0.1) is 0 Å². The van der Waals surface area contributed by atoms with Gasteiger partial charge in [-0.3, -0.25) is 4.79 Å². The summed E-state index contributed by atoms with van der Waals surface area (Å²) in [6.07, 6.45) is 6.69. The van der Waals surface area contributed by atoms with E-state index in [-0.39, 0.29) is 11.8 Å². The van der Waals surface area contributed by atoms with E-state index in [0.29, 0.717) is 12.0 Å². The van der Waals surface area contributed by atoms with Crippen molar-refractivity contribution in [3.63, 3.8) is 0 Å². The highest BCUT2D eigenvalue weighted by atomic mass is 16.2. The Morgan fingerprint density at radius 3 is 2.52 bits per heavy atom. The van der Waals surface area contributed by atoms with Crippen molar-refractivity contribution in [1.82, 2.24) is 14.9 Å². The molecule has 33 heavy (non-hydrogen) atoms. The fourth-order valence-corrected chi connectivity index (χ4v) is 5.59. The van der Waals surface area contributed by atoms with Crippen LogP contribution in [0.4, 0.5) is 5.95 Å². The zero-order valence-corrected chi connectivity index (χ0v) is 20.0. The van der Waals surface area contributed by atoms with E-state index in [2.05, 4.69) is 77.2 Å². The predicted molar refractivity (Wildman–Crippen MR) is 135 cm³/mol. The van der Waals surface area contributed by atoms with Crippen LogP contribution in [0.1, 0.15) is 56.6 Å². The number of piperidine rings is 1. The third-order valence-electron chi connectivity index (χ3n) is 7.81. The summed E-state index contributed by atoms with van der Waals surface area (Å²) < 4.78 is 2.35. The lowest BCUT2D eigenvalue weighted by Crippen LogP contribution is -2.47. The molecule has 2 aliphatic rings. The number of aromatic nitrogens is 2. The summed E-state index contributed by atoms with van der Waals surface area (Å²) in [5.74, 6) is 2.01. The molecule has 1 N–H and O–H groups in total. The third-order valence-corrected chi connectivity index (χ3v) is 7.81. The Morgan fingerprint density at radius 1 is 1.00 bits per heavy atom. The van der Waals surface area contributed by atoms with Crippen molar-refractivity contribution >= 4 is 22.9 Å². The molecule has 0 bridgehead atoms. The van der Waals surface area contributed by atoms with Crippen molar-refractivity contribution in [3.8, 4) is 0 Å². The van der Waals surface area contributed by atoms with Crippen LogP contribution in [0.2, 0.25) is 0 Å². The van der Waals surface area contributed by atoms with Gasteiger partial charge in [-0.1, -0.05) is 56.2 Å². The maximum atomic E-state index is 13.0. The quantitative estimate of drug-likeness (QED) is 0.581. The molecule has 0 spiro atoms. The number of rotatable bonds is 5. The average Bonchev–Trinajstić information content (AvgIpc) is 3.20. The van der Waals surface area contributed by atoms with E-state index in [1.807, 2.05) is 0 Å². The lowest BCUT2D eigenvalue weighted by Gasteiger charge is -2.35. The van der Waals surface area contributed by atoms with Gasteiger partial charge in [0.1, 0.15) is 0 Å². The molecule has 1 saturated carbocycles. The zero-order chi connectivity index (χ0) is 22.8. The molecule has 2 unspecified atom stereocenters. The number of hydrogen-bond acceptors (Lipinski definition) is 3. The highest BCUT2D eigenvalue weighted by Crippen LogP contribution is 2.29. The molecule has 5 nitrogen and oxygen atoms in total. The van der Waals surface area contributed by atoms with E-state index >= 15 is 0 Å². The highest BCUT2D eigenvalue weighted by Gasteiger charge is 2.30. The summed E-state index contributed by atoms with van der Waals surface area (Å²) in [6, 6.07) is 17.3. The van der Waals surface area contributed by atoms with Crippen LogP contribution in [0, 0.1) is 18.8 Å². The summed E-state index contributed by atoms with van der Waals surface area (Å²) in [6.45, 7) is 7.00. The molecule has 3 aromatic rings. The average molecular weight is 445 g/mol. The van der Waals surface area contributed by atoms with Crippen LogP contribution in [0.5, 0.6) is 0 Å². The van der Waals surface area contributed by atoms with E-state index in [9.17, 15) is 4.79 Å². The molecule has 2 aromatic carbocycles. The third kappa shape index (κ3) is 4.64. The molecular formula is C28H36N4O. The van der Waals surface area contributed by atoms with Crippen molar-refractivity contribution < 1.29 is 4.79 Å². The number of para-hydroxylation sites is 2. The number of carbonyl (C=O) groups is 1. The van der Waals surface area contributed by atoms with Gasteiger partial charge in [0.25, 0.3) is 0 Å². The molecule has 0 radical (unpaired) electrons. The summed E-state index contributed by atoms with van der Waals surface area (Å²) in [5.41, 5.74) is 4.82. The number of aryl methyl sites for hydroxylation is 1. The van der Waals surface area contributed by atoms with Crippen LogP contribution < -0.4 is 10.2 Å². The largest absolute Gasteiger partial charge is 0.353 e. The summed E-state index contributed by atoms with van der Waals surface area (Å²) in [4.78, 5) is 20.4. The minimum atomic E-state index is 0.115. The second kappa shape index (κ2) is 9.58. The van der Waals surface area contributed by atoms with Gasteiger partial charge in [-0.2, -0.15) is 0 Å². The normalized spacial score (nSPS) is 21.9. The van der Waals surface area contributed by atoms with Gasteiger partial charge in [0.2, 0.25) is 11.9 Å². The minimum Gasteiger partial charge on any atom is -0.353 e. The molecule has 5 heteroatoms. The smallest absolute Gasteiger partial charge is 0.223 e. The Bertz CT molecular complexity index is 1110. The second-order valence-corrected chi connectivity index (χ2v) is 10.1. The van der Waals surface area contributed by atoms with Crippen LogP contribution in [-0.4, -0.2) is 34.6 Å². The topological polar surface area (TPSA) is 50.2 Å². The van der Waals surface area contributed by atoms with E-state index in [1.54, 1.807) is 0 Å². The molecule has 1 aliphatic carbocycles. The number of imidazole rings is 1. The van der Waals surface area contributed by atoms with Crippen molar-refractivity contribution in [2.75, 3.05) is 18.0 Å². The number of hydrogen-bond donors (Lipinski definition) is 1. The number of benzene rings is 2. The maximum Gasteiger partial charge on any atom is 0.223 e. The molecule has 2 atom stereocenters. The summed E-state index contributed by atoms with van der Waals surface area (Å²) in [5, 5.41) is 3.39. The molecule has 5 rings (SSSR count). The van der Waals surface area contributed by atoms with E-state index in [4.69, 9.17) is 4.98 Å². The van der Waals surface area contributed by atoms with Crippen LogP contribution in [0.15, 0.2) is 48.5 Å². The van der Waals surface area contributed by atoms with Gasteiger partial charge in [0.05, 0.1) is 17.6 Å². The zero-order valence-electron chi connectivity index (χ0n) is 20.0. The van der Waals surface area contributed by atoms with Crippen molar-refractivity contribution in [1.29, 1.82) is 0 Å². The van der Waals surface area contributed by atoms with E-state index in [1.165, 1.54) is 35.9 Å². The van der Waals surface area contributed by atoms with Gasteiger partial charge in [-0.25, -0.2) is 4.98 Å². The molecule has 1 saturated heterocycles. The molecule has 1 amide bonds. The van der Waals surface area contributed by atoms with Crippen LogP contribution in [0.3, 0.4) is 0 Å². The van der Waals surface area contributed by atoms with Gasteiger partial charge in [-0.05, 0) is 61.8 Å². The van der Waals surface area contributed by atoms with Crippen molar-refractivity contribution in [3.05, 3.63) is 59.7 Å². The Balaban J connectivity index is 1.31. The Morgan fingerprint density at radius 2 is 1.73 bits per heavy atom. The van der Waals surface area contributed by atoms with Crippen LogP contribution >= 0.6 is 0 Å². The molecule has 174 valence electrons. The number of nitrogens with one attached hydrogen (secondary N) is 1. The fourth-order valence-electron chi connectivity index (χ4n) is 5.59. The van der Waals surface area contributed by atoms with Crippen LogP contribution in [-0.2, 0) is 11.3 Å². The Hall–Kier alpha value is -2.82. The first-order valence-corrected chi connectivity index (χ1v) is 12.7. The molecular weight excluding hydrogens is 408 g/mol. The molecule has 2 fully saturated rings. The van der Waals surface area contributed by atoms with Gasteiger partial charge < -0.3 is 14.8 Å². The second-order valence-electron chi connectivity index (χ2n) is 10.1. The Kier molecular flexibility index (Phi) is 6.39. The van der Waals surface area contributed by atoms with E-state index in [0.717, 1.165) is 50.4 Å². The first-order valence-electron chi connectivity index (χ1n) is 12.7. The molecule has 1 aliphatic heterocycles. The first-order chi connectivity index (χ1) is 16.1. The number of anilines is 1. The number of carbonyl (C=O) groups excluding carboxylic acids is 1. The Labute approximate surface area is 197 Å². The van der Waals surface area contributed by atoms with Crippen molar-refractivity contribution in [2.45, 2.75) is 65.0 Å². The fraction of sp³-hybridized carbons (Fsp3) is 0.500. The lowest BCUT2D eigenvalue weighted by atomic mass is 9.85. The van der Waals surface area contributed by atoms with E-state index < -0.39 is 0 Å². The number of nitrogens with zero attached hydrogens (tertiary/aromatic N) is 3. The number of amides is 1. The molecule has 2 heterocycles. The SMILES string of the molecule is Cc1ccccc1Cn1c(N2CCC(C(=O)NC3CCCCC3C)CC2)nc2ccccc21. The van der Waals surface area contributed by atoms with Crippen LogP contribution in [0.25, 0.3) is 11.0 Å². The van der Waals surface area contributed by atoms with Gasteiger partial charge in [0, 0.05) is 25.0 Å². The predicted octanol–water partition coefficient (Wildman–Crippen LogP) is 5.30. The summed E-state index contributed by atoms with van der Waals surface area (Å²) in [7, 11) is 0. The van der Waals surface area contributed by atoms with Gasteiger partial charge >= 0.3 is 0 Å². The standard InChI is InChI=1S/C28H36N4O/c1-20-9-3-5-11-23(20)19-32-26-14-8-7-13-25(26)30-28(32)31-17-15-22(16-18-31)27(33)29-24-12-6-4-10-21(24)2/h3,5,7-9,11,13-14,21-22,24H,4,6,10,12,15-19H2,1-2H3,(H,29,33). The first kappa shape index (κ1) is 22.0. The lowest BCUT2D eigenvalue weighted by molar-refractivity contribution is -0.126. The summed E-state index contributed by atoms with van der Waals surface area (Å²) >= 11 is 0. The monoisotopic (exact) mass is 444 g/mol. The maximum absolute atomic E-state index is 13.0.